The van der Waals surface area contributed by atoms with Gasteiger partial charge in [0.25, 0.3) is 0 Å². The van der Waals surface area contributed by atoms with Crippen molar-refractivity contribution in [1.29, 1.82) is 0 Å². The number of anilines is 1. The van der Waals surface area contributed by atoms with Gasteiger partial charge in [-0.2, -0.15) is 0 Å². The molecule has 7 nitrogen and oxygen atoms in total. The maximum Gasteiger partial charge on any atom is 0.246 e. The van der Waals surface area contributed by atoms with Crippen molar-refractivity contribution in [3.63, 3.8) is 0 Å². The molecule has 0 spiro atoms. The van der Waals surface area contributed by atoms with Crippen LogP contribution in [0.5, 0.6) is 0 Å². The third kappa shape index (κ3) is 2.89. The topological polar surface area (TPSA) is 74.4 Å². The number of nitrogens with one attached hydrogen (secondary N) is 1. The van der Waals surface area contributed by atoms with Gasteiger partial charge in [-0.3, -0.25) is 4.79 Å². The van der Waals surface area contributed by atoms with E-state index in [-0.39, 0.29) is 18.0 Å². The van der Waals surface area contributed by atoms with Crippen LogP contribution in [0.3, 0.4) is 0 Å². The van der Waals surface area contributed by atoms with E-state index in [0.717, 1.165) is 75.3 Å². The van der Waals surface area contributed by atoms with Crippen molar-refractivity contribution in [2.24, 2.45) is 0 Å². The van der Waals surface area contributed by atoms with Gasteiger partial charge in [-0.05, 0) is 49.7 Å². The third-order valence-electron chi connectivity index (χ3n) is 6.64. The van der Waals surface area contributed by atoms with Crippen molar-refractivity contribution < 1.29 is 9.53 Å². The highest BCUT2D eigenvalue weighted by Gasteiger charge is 2.39. The van der Waals surface area contributed by atoms with Crippen LogP contribution in [-0.2, 0) is 9.53 Å². The first-order chi connectivity index (χ1) is 13.8. The summed E-state index contributed by atoms with van der Waals surface area (Å²) in [5.41, 5.74) is 2.22. The van der Waals surface area contributed by atoms with Crippen molar-refractivity contribution in [1.82, 2.24) is 19.9 Å². The smallest absolute Gasteiger partial charge is 0.246 e. The molecule has 0 saturated carbocycles. The first-order valence-electron chi connectivity index (χ1n) is 10.4. The Balaban J connectivity index is 1.53. The molecule has 4 saturated heterocycles. The molecule has 0 radical (unpaired) electrons. The van der Waals surface area contributed by atoms with Crippen LogP contribution in [-0.4, -0.2) is 64.1 Å². The minimum atomic E-state index is 0.0499. The molecule has 2 unspecified atom stereocenters. The molecule has 7 heteroatoms. The molecule has 4 fully saturated rings. The van der Waals surface area contributed by atoms with E-state index in [1.807, 2.05) is 4.90 Å². The summed E-state index contributed by atoms with van der Waals surface area (Å²) in [6.45, 7) is 6.89. The molecule has 0 aliphatic carbocycles. The summed E-state index contributed by atoms with van der Waals surface area (Å²) < 4.78 is 5.56. The molecule has 4 aliphatic heterocycles. The Morgan fingerprint density at radius 2 is 2.00 bits per heavy atom. The monoisotopic (exact) mass is 381 g/mol. The number of hydrogen-bond donors (Lipinski definition) is 1. The lowest BCUT2D eigenvalue weighted by atomic mass is 9.91. The van der Waals surface area contributed by atoms with Gasteiger partial charge < -0.3 is 19.5 Å². The number of hydrogen-bond acceptors (Lipinski definition) is 5. The van der Waals surface area contributed by atoms with Gasteiger partial charge in [0.1, 0.15) is 17.8 Å². The third-order valence-corrected chi connectivity index (χ3v) is 6.64. The van der Waals surface area contributed by atoms with E-state index in [2.05, 4.69) is 27.6 Å². The lowest BCUT2D eigenvalue weighted by molar-refractivity contribution is -0.129. The maximum absolute atomic E-state index is 12.3. The molecular formula is C21H27N5O2. The number of carbonyl (C=O) groups excluding carboxylic acids is 1. The van der Waals surface area contributed by atoms with E-state index in [1.54, 1.807) is 6.33 Å². The van der Waals surface area contributed by atoms with Gasteiger partial charge in [-0.1, -0.05) is 6.58 Å². The Hall–Kier alpha value is -2.41. The predicted molar refractivity (Wildman–Crippen MR) is 107 cm³/mol. The Bertz CT molecular complexity index is 888. The van der Waals surface area contributed by atoms with Crippen LogP contribution in [0.1, 0.15) is 43.6 Å². The predicted octanol–water partition coefficient (Wildman–Crippen LogP) is 2.61. The Morgan fingerprint density at radius 1 is 1.18 bits per heavy atom. The number of rotatable bonds is 3. The fraction of sp³-hybridized carbons (Fsp3) is 0.571. The van der Waals surface area contributed by atoms with Gasteiger partial charge in [0.15, 0.2) is 0 Å². The van der Waals surface area contributed by atoms with Crippen molar-refractivity contribution in [3.05, 3.63) is 30.7 Å². The number of aromatic nitrogens is 3. The lowest BCUT2D eigenvalue weighted by Crippen LogP contribution is -2.58. The van der Waals surface area contributed by atoms with Crippen molar-refractivity contribution in [2.75, 3.05) is 31.2 Å². The molecule has 4 aliphatic rings. The molecule has 2 aromatic rings. The van der Waals surface area contributed by atoms with Crippen LogP contribution in [0.25, 0.3) is 11.0 Å². The van der Waals surface area contributed by atoms with E-state index in [0.29, 0.717) is 5.92 Å². The molecule has 6 rings (SSSR count). The van der Waals surface area contributed by atoms with Crippen LogP contribution in [0, 0.1) is 0 Å². The molecular weight excluding hydrogens is 354 g/mol. The molecule has 2 atom stereocenters. The van der Waals surface area contributed by atoms with E-state index in [9.17, 15) is 4.79 Å². The normalized spacial score (nSPS) is 25.9. The van der Waals surface area contributed by atoms with Crippen LogP contribution >= 0.6 is 0 Å². The highest BCUT2D eigenvalue weighted by atomic mass is 16.5. The number of aromatic amines is 1. The second kappa shape index (κ2) is 7.20. The summed E-state index contributed by atoms with van der Waals surface area (Å²) >= 11 is 0. The van der Waals surface area contributed by atoms with Crippen molar-refractivity contribution in [2.45, 2.75) is 50.1 Å². The van der Waals surface area contributed by atoms with Gasteiger partial charge >= 0.3 is 0 Å². The number of nitrogens with zero attached hydrogens (tertiary/aromatic N) is 4. The lowest BCUT2D eigenvalue weighted by Gasteiger charge is -2.44. The Kier molecular flexibility index (Phi) is 4.55. The summed E-state index contributed by atoms with van der Waals surface area (Å²) in [6, 6.07) is 0.512. The number of fused-ring (bicyclic) bond motifs is 5. The highest BCUT2D eigenvalue weighted by molar-refractivity contribution is 5.92. The second-order valence-electron chi connectivity index (χ2n) is 8.14. The Morgan fingerprint density at radius 3 is 2.82 bits per heavy atom. The number of piperazine rings is 1. The summed E-state index contributed by atoms with van der Waals surface area (Å²) in [4.78, 5) is 29.4. The summed E-state index contributed by atoms with van der Waals surface area (Å²) in [7, 11) is 0. The quantitative estimate of drug-likeness (QED) is 0.828. The summed E-state index contributed by atoms with van der Waals surface area (Å²) in [5.74, 6) is 1.56. The van der Waals surface area contributed by atoms with E-state index in [1.165, 1.54) is 11.6 Å². The number of carbonyl (C=O) groups is 1. The van der Waals surface area contributed by atoms with Gasteiger partial charge in [-0.15, -0.1) is 0 Å². The van der Waals surface area contributed by atoms with E-state index < -0.39 is 0 Å². The zero-order chi connectivity index (χ0) is 19.1. The molecule has 2 bridgehead atoms. The zero-order valence-electron chi connectivity index (χ0n) is 16.1. The molecule has 6 heterocycles. The molecule has 1 N–H and O–H groups in total. The Labute approximate surface area is 164 Å². The average Bonchev–Trinajstić information content (AvgIpc) is 2.94. The molecule has 148 valence electrons. The SMILES string of the molecule is C=CC(=O)N1CC2CCCC1CN2c1ncnc2[nH]cc(C3CCOCC3)c12. The van der Waals surface area contributed by atoms with E-state index in [4.69, 9.17) is 9.72 Å². The van der Waals surface area contributed by atoms with Gasteiger partial charge in [-0.25, -0.2) is 9.97 Å². The summed E-state index contributed by atoms with van der Waals surface area (Å²) in [5, 5.41) is 1.16. The van der Waals surface area contributed by atoms with E-state index >= 15 is 0 Å². The van der Waals surface area contributed by atoms with Gasteiger partial charge in [0, 0.05) is 44.6 Å². The largest absolute Gasteiger partial charge is 0.381 e. The first-order valence-corrected chi connectivity index (χ1v) is 10.4. The zero-order valence-corrected chi connectivity index (χ0v) is 16.1. The summed E-state index contributed by atoms with van der Waals surface area (Å²) in [6.07, 6.45) is 10.6. The van der Waals surface area contributed by atoms with Crippen molar-refractivity contribution >= 4 is 22.8 Å². The number of H-pyrrole nitrogens is 1. The van der Waals surface area contributed by atoms with Crippen LogP contribution < -0.4 is 4.90 Å². The number of ether oxygens (including phenoxy) is 1. The highest BCUT2D eigenvalue weighted by Crippen LogP contribution is 2.39. The molecule has 0 aromatic carbocycles. The molecule has 1 amide bonds. The van der Waals surface area contributed by atoms with Gasteiger partial charge in [0.05, 0.1) is 5.39 Å². The fourth-order valence-corrected chi connectivity index (χ4v) is 5.20. The van der Waals surface area contributed by atoms with Crippen LogP contribution in [0.15, 0.2) is 25.2 Å². The van der Waals surface area contributed by atoms with Crippen LogP contribution in [0.4, 0.5) is 5.82 Å². The molecule has 28 heavy (non-hydrogen) atoms. The second-order valence-corrected chi connectivity index (χ2v) is 8.14. The average molecular weight is 381 g/mol. The van der Waals surface area contributed by atoms with Gasteiger partial charge in [0.2, 0.25) is 5.91 Å². The van der Waals surface area contributed by atoms with Crippen LogP contribution in [0.2, 0.25) is 0 Å². The fourth-order valence-electron chi connectivity index (χ4n) is 5.20. The van der Waals surface area contributed by atoms with Crippen molar-refractivity contribution in [3.8, 4) is 0 Å². The minimum absolute atomic E-state index is 0.0499. The maximum atomic E-state index is 12.3. The first kappa shape index (κ1) is 17.7. The minimum Gasteiger partial charge on any atom is -0.381 e. The standard InChI is InChI=1S/C21H27N5O2/c1-2-18(27)25-11-16-5-3-4-15(25)12-26(16)21-19-17(14-6-8-28-9-7-14)10-22-20(19)23-13-24-21/h2,10,13-16H,1,3-9,11-12H2,(H,22,23,24). The number of amides is 1. The molecule has 2 aromatic heterocycles.